The van der Waals surface area contributed by atoms with Crippen LogP contribution >= 0.6 is 11.8 Å². The van der Waals surface area contributed by atoms with E-state index in [1.165, 1.54) is 23.4 Å². The van der Waals surface area contributed by atoms with Gasteiger partial charge >= 0.3 is 6.09 Å². The number of aryl methyl sites for hydroxylation is 1. The predicted molar refractivity (Wildman–Crippen MR) is 131 cm³/mol. The van der Waals surface area contributed by atoms with Crippen molar-refractivity contribution >= 4 is 41.1 Å². The Morgan fingerprint density at radius 2 is 1.97 bits per heavy atom. The van der Waals surface area contributed by atoms with E-state index in [1.807, 2.05) is 6.26 Å². The Labute approximate surface area is 204 Å². The molecule has 0 aliphatic rings. The molecule has 3 heterocycles. The number of hydrogen-bond donors (Lipinski definition) is 5. The molecule has 0 bridgehead atoms. The first kappa shape index (κ1) is 25.7. The summed E-state index contributed by atoms with van der Waals surface area (Å²) in [5.41, 5.74) is 6.99. The molecule has 0 saturated carbocycles. The molecular formula is C21H26FN9O3S. The molecule has 12 nitrogen and oxygen atoms in total. The highest BCUT2D eigenvalue weighted by atomic mass is 32.2. The highest BCUT2D eigenvalue weighted by molar-refractivity contribution is 7.98. The highest BCUT2D eigenvalue weighted by Crippen LogP contribution is 2.26. The zero-order valence-corrected chi connectivity index (χ0v) is 20.1. The number of amides is 2. The van der Waals surface area contributed by atoms with Gasteiger partial charge in [0.25, 0.3) is 5.91 Å². The van der Waals surface area contributed by atoms with Crippen molar-refractivity contribution in [3.05, 3.63) is 47.8 Å². The lowest BCUT2D eigenvalue weighted by Crippen LogP contribution is -2.45. The van der Waals surface area contributed by atoms with Crippen molar-refractivity contribution in [1.29, 1.82) is 0 Å². The highest BCUT2D eigenvalue weighted by Gasteiger charge is 2.23. The number of hydrogen-bond acceptors (Lipinski definition) is 9. The zero-order chi connectivity index (χ0) is 25.5. The number of carboxylic acid groups (broad SMARTS) is 1. The van der Waals surface area contributed by atoms with Gasteiger partial charge in [0.05, 0.1) is 35.5 Å². The number of nitrogens with two attached hydrogens (primary N) is 1. The summed E-state index contributed by atoms with van der Waals surface area (Å²) >= 11 is 1.57. The van der Waals surface area contributed by atoms with Crippen molar-refractivity contribution in [3.63, 3.8) is 0 Å². The van der Waals surface area contributed by atoms with E-state index in [2.05, 4.69) is 36.1 Å². The molecule has 3 rings (SSSR count). The van der Waals surface area contributed by atoms with Crippen LogP contribution in [0.4, 0.5) is 26.5 Å². The summed E-state index contributed by atoms with van der Waals surface area (Å²) < 4.78 is 14.9. The fourth-order valence-electron chi connectivity index (χ4n) is 3.31. The Kier molecular flexibility index (Phi) is 8.41. The number of carbonyl (C=O) groups excluding carboxylic acids is 1. The van der Waals surface area contributed by atoms with E-state index in [9.17, 15) is 14.0 Å². The summed E-state index contributed by atoms with van der Waals surface area (Å²) in [7, 11) is 0. The molecule has 3 aromatic heterocycles. The fraction of sp³-hybridized carbons (Fsp3) is 0.333. The number of rotatable bonds is 11. The lowest BCUT2D eigenvalue weighted by Gasteiger charge is -2.26. The largest absolute Gasteiger partial charge is 0.465 e. The van der Waals surface area contributed by atoms with E-state index in [0.717, 1.165) is 6.07 Å². The van der Waals surface area contributed by atoms with Gasteiger partial charge in [-0.1, -0.05) is 0 Å². The molecule has 186 valence electrons. The van der Waals surface area contributed by atoms with Crippen LogP contribution in [0, 0.1) is 12.7 Å². The summed E-state index contributed by atoms with van der Waals surface area (Å²) in [6.45, 7) is 3.46. The number of halogens is 1. The van der Waals surface area contributed by atoms with Gasteiger partial charge in [0, 0.05) is 12.1 Å². The van der Waals surface area contributed by atoms with Gasteiger partial charge in [0.15, 0.2) is 11.6 Å². The first-order valence-electron chi connectivity index (χ1n) is 10.5. The van der Waals surface area contributed by atoms with Gasteiger partial charge in [0.2, 0.25) is 0 Å². The molecule has 0 radical (unpaired) electrons. The topological polar surface area (TPSA) is 173 Å². The van der Waals surface area contributed by atoms with Crippen LogP contribution in [0.3, 0.4) is 0 Å². The van der Waals surface area contributed by atoms with Crippen molar-refractivity contribution in [2.45, 2.75) is 32.4 Å². The molecule has 0 aromatic carbocycles. The van der Waals surface area contributed by atoms with Crippen LogP contribution in [0.2, 0.25) is 0 Å². The van der Waals surface area contributed by atoms with Gasteiger partial charge in [-0.05, 0) is 44.4 Å². The van der Waals surface area contributed by atoms with E-state index in [0.29, 0.717) is 29.2 Å². The molecule has 3 aromatic rings. The number of aromatic nitrogens is 5. The van der Waals surface area contributed by atoms with Gasteiger partial charge in [0.1, 0.15) is 11.5 Å². The Hall–Kier alpha value is -3.94. The first-order valence-corrected chi connectivity index (χ1v) is 11.9. The van der Waals surface area contributed by atoms with Gasteiger partial charge in [-0.15, -0.1) is 4.80 Å². The molecule has 2 amide bonds. The van der Waals surface area contributed by atoms with Gasteiger partial charge < -0.3 is 26.8 Å². The van der Waals surface area contributed by atoms with E-state index in [4.69, 9.17) is 10.8 Å². The van der Waals surface area contributed by atoms with Crippen LogP contribution in [-0.4, -0.2) is 66.2 Å². The van der Waals surface area contributed by atoms with Crippen molar-refractivity contribution in [3.8, 4) is 5.69 Å². The van der Waals surface area contributed by atoms with Crippen molar-refractivity contribution in [2.24, 2.45) is 5.73 Å². The predicted octanol–water partition coefficient (Wildman–Crippen LogP) is 2.54. The third kappa shape index (κ3) is 6.56. The van der Waals surface area contributed by atoms with E-state index in [1.54, 1.807) is 31.7 Å². The maximum atomic E-state index is 14.9. The number of pyridine rings is 2. The summed E-state index contributed by atoms with van der Waals surface area (Å²) in [4.78, 5) is 33.1. The minimum absolute atomic E-state index is 0.00823. The Morgan fingerprint density at radius 3 is 2.60 bits per heavy atom. The average Bonchev–Trinajstić information content (AvgIpc) is 3.33. The zero-order valence-electron chi connectivity index (χ0n) is 19.3. The maximum absolute atomic E-state index is 14.9. The van der Waals surface area contributed by atoms with Crippen LogP contribution in [-0.2, 0) is 0 Å². The van der Waals surface area contributed by atoms with E-state index in [-0.39, 0.29) is 17.2 Å². The van der Waals surface area contributed by atoms with Crippen LogP contribution in [0.1, 0.15) is 29.4 Å². The lowest BCUT2D eigenvalue weighted by molar-refractivity contribution is 0.1000. The molecular weight excluding hydrogens is 477 g/mol. The molecule has 6 N–H and O–H groups in total. The van der Waals surface area contributed by atoms with Crippen LogP contribution in [0.5, 0.6) is 0 Å². The number of primary amides is 1. The third-order valence-corrected chi connectivity index (χ3v) is 5.75. The van der Waals surface area contributed by atoms with Crippen molar-refractivity contribution in [1.82, 2.24) is 30.3 Å². The summed E-state index contributed by atoms with van der Waals surface area (Å²) in [6, 6.07) is 1.68. The van der Waals surface area contributed by atoms with Crippen LogP contribution in [0.15, 0.2) is 30.7 Å². The van der Waals surface area contributed by atoms with E-state index >= 15 is 0 Å². The Bertz CT molecular complexity index is 1190. The van der Waals surface area contributed by atoms with E-state index < -0.39 is 29.9 Å². The minimum Gasteiger partial charge on any atom is -0.465 e. The summed E-state index contributed by atoms with van der Waals surface area (Å²) in [5.74, 6) is -1.12. The second kappa shape index (κ2) is 11.5. The molecule has 2 atom stereocenters. The summed E-state index contributed by atoms with van der Waals surface area (Å²) in [6.07, 6.45) is 5.83. The second-order valence-electron chi connectivity index (χ2n) is 7.62. The lowest BCUT2D eigenvalue weighted by atomic mass is 10.1. The standard InChI is InChI=1S/C21H26FN9O3S/c1-11(27-21(33)34)16(4-7-35-3)29-20-15(22)9-14(18(23)32)19(30-20)28-13-8-17(12(2)24-10-13)31-25-5-6-26-31/h5-6,8-11,16,27H,4,7H2,1-3H3,(H2,23,32)(H,33,34)(H2,28,29,30)/t11-,16-/m0/s1. The van der Waals surface area contributed by atoms with Crippen molar-refractivity contribution in [2.75, 3.05) is 22.6 Å². The summed E-state index contributed by atoms with van der Waals surface area (Å²) in [5, 5.41) is 25.6. The number of anilines is 3. The first-order chi connectivity index (χ1) is 16.7. The SMILES string of the molecule is CSCC[C@H](Nc1nc(Nc2cnc(C)c(-n3nccn3)c2)c(C(N)=O)cc1F)[C@H](C)NC(=O)O. The molecule has 35 heavy (non-hydrogen) atoms. The van der Waals surface area contributed by atoms with Crippen LogP contribution < -0.4 is 21.7 Å². The monoisotopic (exact) mass is 503 g/mol. The molecule has 0 aliphatic heterocycles. The maximum Gasteiger partial charge on any atom is 0.404 e. The Balaban J connectivity index is 1.95. The smallest absolute Gasteiger partial charge is 0.404 e. The minimum atomic E-state index is -1.19. The van der Waals surface area contributed by atoms with Crippen LogP contribution in [0.25, 0.3) is 5.69 Å². The molecule has 0 fully saturated rings. The van der Waals surface area contributed by atoms with Gasteiger partial charge in [-0.3, -0.25) is 9.78 Å². The number of carbonyl (C=O) groups is 2. The van der Waals surface area contributed by atoms with Gasteiger partial charge in [-0.25, -0.2) is 14.2 Å². The number of nitrogens with one attached hydrogen (secondary N) is 3. The second-order valence-corrected chi connectivity index (χ2v) is 8.61. The Morgan fingerprint density at radius 1 is 1.26 bits per heavy atom. The average molecular weight is 504 g/mol. The third-order valence-electron chi connectivity index (χ3n) is 5.11. The number of nitrogens with zero attached hydrogens (tertiary/aromatic N) is 5. The number of thioether (sulfide) groups is 1. The molecule has 0 aliphatic carbocycles. The normalized spacial score (nSPS) is 12.6. The molecule has 0 unspecified atom stereocenters. The quantitative estimate of drug-likeness (QED) is 0.262. The fourth-order valence-corrected chi connectivity index (χ4v) is 3.79. The molecule has 0 saturated heterocycles. The van der Waals surface area contributed by atoms with Crippen molar-refractivity contribution < 1.29 is 19.1 Å². The van der Waals surface area contributed by atoms with Gasteiger partial charge in [-0.2, -0.15) is 22.0 Å². The molecule has 0 spiro atoms. The molecule has 14 heteroatoms.